The molecule has 2 fully saturated rings. The number of thiol groups is 1. The van der Waals surface area contributed by atoms with E-state index in [4.69, 9.17) is 0 Å². The highest BCUT2D eigenvalue weighted by molar-refractivity contribution is 7.80. The Balaban J connectivity index is 1.74. The van der Waals surface area contributed by atoms with Crippen molar-refractivity contribution in [3.05, 3.63) is 0 Å². The molecule has 1 aliphatic carbocycles. The van der Waals surface area contributed by atoms with Crippen LogP contribution in [0, 0.1) is 0 Å². The predicted octanol–water partition coefficient (Wildman–Crippen LogP) is 2.26. The molecule has 2 rings (SSSR count). The first kappa shape index (κ1) is 12.7. The van der Waals surface area contributed by atoms with Crippen LogP contribution in [0.3, 0.4) is 0 Å². The van der Waals surface area contributed by atoms with Crippen LogP contribution in [0.5, 0.6) is 0 Å². The van der Waals surface area contributed by atoms with E-state index < -0.39 is 0 Å². The number of hydrogen-bond donors (Lipinski definition) is 1. The fraction of sp³-hybridized carbons (Fsp3) is 1.00. The van der Waals surface area contributed by atoms with Crippen molar-refractivity contribution in [3.8, 4) is 0 Å². The molecule has 94 valence electrons. The monoisotopic (exact) mass is 242 g/mol. The largest absolute Gasteiger partial charge is 0.300 e. The summed E-state index contributed by atoms with van der Waals surface area (Å²) in [5.41, 5.74) is 0. The zero-order chi connectivity index (χ0) is 11.2. The molecule has 1 saturated heterocycles. The second-order valence-electron chi connectivity index (χ2n) is 5.25. The second kappa shape index (κ2) is 6.87. The van der Waals surface area contributed by atoms with E-state index in [1.54, 1.807) is 0 Å². The predicted molar refractivity (Wildman–Crippen MR) is 73.4 cm³/mol. The van der Waals surface area contributed by atoms with Gasteiger partial charge >= 0.3 is 0 Å². The van der Waals surface area contributed by atoms with E-state index in [9.17, 15) is 0 Å². The standard InChI is InChI=1S/C13H26N2S/c16-12-11-14-7-9-15(10-8-14)13-5-3-1-2-4-6-13/h13,16H,1-12H2. The van der Waals surface area contributed by atoms with Crippen LogP contribution >= 0.6 is 12.6 Å². The molecular weight excluding hydrogens is 216 g/mol. The van der Waals surface area contributed by atoms with Gasteiger partial charge in [-0.15, -0.1) is 0 Å². The summed E-state index contributed by atoms with van der Waals surface area (Å²) in [5, 5.41) is 0. The Morgan fingerprint density at radius 1 is 0.875 bits per heavy atom. The van der Waals surface area contributed by atoms with E-state index in [-0.39, 0.29) is 0 Å². The molecule has 0 amide bonds. The van der Waals surface area contributed by atoms with E-state index in [0.29, 0.717) is 0 Å². The Hall–Kier alpha value is 0.270. The molecule has 0 atom stereocenters. The van der Waals surface area contributed by atoms with Crippen LogP contribution in [0.15, 0.2) is 0 Å². The molecule has 16 heavy (non-hydrogen) atoms. The Morgan fingerprint density at radius 3 is 2.06 bits per heavy atom. The lowest BCUT2D eigenvalue weighted by atomic mass is 10.1. The first-order valence-electron chi connectivity index (χ1n) is 6.97. The van der Waals surface area contributed by atoms with E-state index in [0.717, 1.165) is 11.8 Å². The molecule has 2 nitrogen and oxygen atoms in total. The van der Waals surface area contributed by atoms with E-state index >= 15 is 0 Å². The molecule has 0 aromatic carbocycles. The molecule has 0 N–H and O–H groups in total. The Bertz CT molecular complexity index is 182. The van der Waals surface area contributed by atoms with Crippen molar-refractivity contribution in [2.45, 2.75) is 44.6 Å². The van der Waals surface area contributed by atoms with Gasteiger partial charge in [-0.3, -0.25) is 9.80 Å². The molecule has 0 unspecified atom stereocenters. The maximum atomic E-state index is 4.31. The normalized spacial score (nSPS) is 26.8. The maximum absolute atomic E-state index is 4.31. The van der Waals surface area contributed by atoms with Crippen molar-refractivity contribution in [2.75, 3.05) is 38.5 Å². The minimum absolute atomic E-state index is 0.903. The summed E-state index contributed by atoms with van der Waals surface area (Å²) in [6.45, 7) is 6.27. The van der Waals surface area contributed by atoms with Crippen molar-refractivity contribution in [2.24, 2.45) is 0 Å². The van der Waals surface area contributed by atoms with Crippen LogP contribution in [0.1, 0.15) is 38.5 Å². The molecule has 2 aliphatic rings. The van der Waals surface area contributed by atoms with Crippen LogP contribution in [-0.2, 0) is 0 Å². The fourth-order valence-electron chi connectivity index (χ4n) is 3.12. The first-order valence-corrected chi connectivity index (χ1v) is 7.60. The maximum Gasteiger partial charge on any atom is 0.0113 e. The minimum Gasteiger partial charge on any atom is -0.300 e. The van der Waals surface area contributed by atoms with Gasteiger partial charge in [0.1, 0.15) is 0 Å². The Kier molecular flexibility index (Phi) is 5.46. The van der Waals surface area contributed by atoms with E-state index in [1.165, 1.54) is 71.2 Å². The summed E-state index contributed by atoms with van der Waals surface area (Å²) in [5.74, 6) is 1.00. The molecule has 0 spiro atoms. The Morgan fingerprint density at radius 2 is 1.50 bits per heavy atom. The van der Waals surface area contributed by atoms with Gasteiger partial charge in [0, 0.05) is 44.5 Å². The van der Waals surface area contributed by atoms with Crippen LogP contribution in [0.25, 0.3) is 0 Å². The molecule has 3 heteroatoms. The fourth-order valence-corrected chi connectivity index (χ4v) is 3.40. The average Bonchev–Trinajstić information content (AvgIpc) is 2.59. The molecule has 0 aromatic heterocycles. The molecule has 0 radical (unpaired) electrons. The van der Waals surface area contributed by atoms with Crippen LogP contribution < -0.4 is 0 Å². The van der Waals surface area contributed by atoms with Gasteiger partial charge in [0.25, 0.3) is 0 Å². The Labute approximate surface area is 106 Å². The van der Waals surface area contributed by atoms with Crippen molar-refractivity contribution < 1.29 is 0 Å². The highest BCUT2D eigenvalue weighted by Gasteiger charge is 2.23. The van der Waals surface area contributed by atoms with Gasteiger partial charge in [-0.05, 0) is 12.8 Å². The lowest BCUT2D eigenvalue weighted by Crippen LogP contribution is -2.50. The summed E-state index contributed by atoms with van der Waals surface area (Å²) in [4.78, 5) is 5.31. The molecule has 1 saturated carbocycles. The van der Waals surface area contributed by atoms with Gasteiger partial charge in [0.05, 0.1) is 0 Å². The van der Waals surface area contributed by atoms with Crippen molar-refractivity contribution in [3.63, 3.8) is 0 Å². The third-order valence-electron chi connectivity index (χ3n) is 4.16. The first-order chi connectivity index (χ1) is 7.90. The second-order valence-corrected chi connectivity index (χ2v) is 5.69. The lowest BCUT2D eigenvalue weighted by Gasteiger charge is -2.39. The van der Waals surface area contributed by atoms with Gasteiger partial charge in [-0.2, -0.15) is 12.6 Å². The molecular formula is C13H26N2S. The molecule has 0 aromatic rings. The van der Waals surface area contributed by atoms with Gasteiger partial charge in [0.2, 0.25) is 0 Å². The van der Waals surface area contributed by atoms with Crippen molar-refractivity contribution in [1.29, 1.82) is 0 Å². The topological polar surface area (TPSA) is 6.48 Å². The smallest absolute Gasteiger partial charge is 0.0113 e. The summed E-state index contributed by atoms with van der Waals surface area (Å²) in [6.07, 6.45) is 8.76. The molecule has 1 heterocycles. The summed E-state index contributed by atoms with van der Waals surface area (Å²) < 4.78 is 0. The lowest BCUT2D eigenvalue weighted by molar-refractivity contribution is 0.0928. The number of piperazine rings is 1. The SMILES string of the molecule is SCCN1CCN(C2CCCCCC2)CC1. The van der Waals surface area contributed by atoms with Gasteiger partial charge in [-0.1, -0.05) is 25.7 Å². The van der Waals surface area contributed by atoms with Crippen molar-refractivity contribution in [1.82, 2.24) is 9.80 Å². The third-order valence-corrected chi connectivity index (χ3v) is 4.36. The van der Waals surface area contributed by atoms with E-state index in [1.807, 2.05) is 0 Å². The quantitative estimate of drug-likeness (QED) is 0.599. The van der Waals surface area contributed by atoms with Crippen LogP contribution in [-0.4, -0.2) is 54.3 Å². The molecule has 0 bridgehead atoms. The number of rotatable bonds is 3. The summed E-state index contributed by atoms with van der Waals surface area (Å²) in [6, 6.07) is 0.903. The van der Waals surface area contributed by atoms with Gasteiger partial charge in [0.15, 0.2) is 0 Å². The summed E-state index contributed by atoms with van der Waals surface area (Å²) in [7, 11) is 0. The highest BCUT2D eigenvalue weighted by Crippen LogP contribution is 2.22. The highest BCUT2D eigenvalue weighted by atomic mass is 32.1. The minimum atomic E-state index is 0.903. The zero-order valence-electron chi connectivity index (χ0n) is 10.4. The summed E-state index contributed by atoms with van der Waals surface area (Å²) >= 11 is 4.31. The van der Waals surface area contributed by atoms with Crippen molar-refractivity contribution >= 4 is 12.6 Å². The van der Waals surface area contributed by atoms with Gasteiger partial charge in [-0.25, -0.2) is 0 Å². The van der Waals surface area contributed by atoms with Gasteiger partial charge < -0.3 is 0 Å². The van der Waals surface area contributed by atoms with Crippen LogP contribution in [0.4, 0.5) is 0 Å². The van der Waals surface area contributed by atoms with E-state index in [2.05, 4.69) is 22.4 Å². The average molecular weight is 242 g/mol. The number of hydrogen-bond acceptors (Lipinski definition) is 3. The zero-order valence-corrected chi connectivity index (χ0v) is 11.3. The molecule has 1 aliphatic heterocycles. The number of nitrogens with zero attached hydrogens (tertiary/aromatic N) is 2. The van der Waals surface area contributed by atoms with Crippen LogP contribution in [0.2, 0.25) is 0 Å². The third kappa shape index (κ3) is 3.64.